The monoisotopic (exact) mass is 403 g/mol. The maximum Gasteiger partial charge on any atom is 0.275 e. The fourth-order valence-corrected chi connectivity index (χ4v) is 4.86. The van der Waals surface area contributed by atoms with Gasteiger partial charge in [0.05, 0.1) is 17.6 Å². The third kappa shape index (κ3) is 3.16. The van der Waals surface area contributed by atoms with Crippen LogP contribution in [0.2, 0.25) is 0 Å². The first kappa shape index (κ1) is 18.9. The Bertz CT molecular complexity index is 1160. The molecule has 2 aliphatic rings. The number of carbonyl (C=O) groups excluding carboxylic acids is 1. The second-order valence-electron chi connectivity index (χ2n) is 8.45. The molecule has 1 aromatic heterocycles. The molecule has 1 aliphatic heterocycles. The van der Waals surface area contributed by atoms with Crippen molar-refractivity contribution in [3.63, 3.8) is 0 Å². The number of rotatable bonds is 3. The van der Waals surface area contributed by atoms with Crippen molar-refractivity contribution >= 4 is 16.7 Å². The quantitative estimate of drug-likeness (QED) is 0.720. The predicted octanol–water partition coefficient (Wildman–Crippen LogP) is 3.91. The Morgan fingerprint density at radius 3 is 2.73 bits per heavy atom. The molecule has 6 heteroatoms. The maximum atomic E-state index is 13.2. The van der Waals surface area contributed by atoms with Gasteiger partial charge in [0.25, 0.3) is 5.56 Å². The van der Waals surface area contributed by atoms with Gasteiger partial charge in [0.1, 0.15) is 17.4 Å². The lowest BCUT2D eigenvalue weighted by molar-refractivity contribution is -0.125. The van der Waals surface area contributed by atoms with Crippen molar-refractivity contribution in [3.8, 4) is 5.75 Å². The molecule has 1 spiro atoms. The first-order valence-corrected chi connectivity index (χ1v) is 10.6. The third-order valence-corrected chi connectivity index (χ3v) is 6.50. The minimum atomic E-state index is -0.711. The number of amides is 1. The second-order valence-corrected chi connectivity index (χ2v) is 8.45. The first-order chi connectivity index (χ1) is 14.6. The van der Waals surface area contributed by atoms with Gasteiger partial charge >= 0.3 is 0 Å². The van der Waals surface area contributed by atoms with Gasteiger partial charge in [-0.1, -0.05) is 36.4 Å². The summed E-state index contributed by atoms with van der Waals surface area (Å²) in [5, 5.41) is 8.77. The van der Waals surface area contributed by atoms with Crippen molar-refractivity contribution in [3.05, 3.63) is 70.6 Å². The smallest absolute Gasteiger partial charge is 0.275 e. The molecule has 2 heterocycles. The molecule has 2 aromatic carbocycles. The van der Waals surface area contributed by atoms with Gasteiger partial charge in [0.2, 0.25) is 5.91 Å². The number of ether oxygens (including phenoxy) is 1. The summed E-state index contributed by atoms with van der Waals surface area (Å²) in [4.78, 5) is 26.0. The van der Waals surface area contributed by atoms with Crippen LogP contribution in [-0.2, 0) is 4.79 Å². The summed E-state index contributed by atoms with van der Waals surface area (Å²) in [5.74, 6) is 0.638. The highest BCUT2D eigenvalue weighted by molar-refractivity contribution is 5.83. The van der Waals surface area contributed by atoms with E-state index in [-0.39, 0.29) is 23.1 Å². The van der Waals surface area contributed by atoms with Gasteiger partial charge in [0, 0.05) is 17.4 Å². The highest BCUT2D eigenvalue weighted by atomic mass is 16.5. The summed E-state index contributed by atoms with van der Waals surface area (Å²) in [6.07, 6.45) is 6.70. The molecule has 1 N–H and O–H groups in total. The molecule has 0 radical (unpaired) electrons. The van der Waals surface area contributed by atoms with Crippen LogP contribution in [0.1, 0.15) is 56.7 Å². The van der Waals surface area contributed by atoms with Gasteiger partial charge in [-0.3, -0.25) is 9.59 Å². The van der Waals surface area contributed by atoms with E-state index in [4.69, 9.17) is 4.74 Å². The summed E-state index contributed by atoms with van der Waals surface area (Å²) in [5.41, 5.74) is 0.540. The Hall–Kier alpha value is -3.15. The van der Waals surface area contributed by atoms with E-state index < -0.39 is 6.04 Å². The molecule has 0 saturated heterocycles. The van der Waals surface area contributed by atoms with Crippen LogP contribution in [-0.4, -0.2) is 21.3 Å². The van der Waals surface area contributed by atoms with Crippen LogP contribution < -0.4 is 15.6 Å². The average molecular weight is 403 g/mol. The zero-order valence-corrected chi connectivity index (χ0v) is 17.0. The van der Waals surface area contributed by atoms with Crippen molar-refractivity contribution in [1.82, 2.24) is 15.1 Å². The number of para-hydroxylation sites is 1. The number of fused-ring (bicyclic) bond motifs is 2. The summed E-state index contributed by atoms with van der Waals surface area (Å²) in [6.45, 7) is 1.72. The van der Waals surface area contributed by atoms with E-state index in [1.807, 2.05) is 42.5 Å². The normalized spacial score (nSPS) is 20.5. The molecule has 154 valence electrons. The molecule has 0 unspecified atom stereocenters. The summed E-state index contributed by atoms with van der Waals surface area (Å²) in [6, 6.07) is 14.4. The van der Waals surface area contributed by atoms with E-state index >= 15 is 0 Å². The van der Waals surface area contributed by atoms with Crippen molar-refractivity contribution < 1.29 is 9.53 Å². The van der Waals surface area contributed by atoms with E-state index in [0.717, 1.165) is 48.8 Å². The molecule has 1 fully saturated rings. The Labute approximate surface area is 174 Å². The summed E-state index contributed by atoms with van der Waals surface area (Å²) in [7, 11) is 0. The van der Waals surface area contributed by atoms with Crippen LogP contribution in [0.25, 0.3) is 10.8 Å². The van der Waals surface area contributed by atoms with Gasteiger partial charge in [0.15, 0.2) is 0 Å². The second kappa shape index (κ2) is 7.27. The minimum Gasteiger partial charge on any atom is -0.487 e. The Kier molecular flexibility index (Phi) is 4.57. The minimum absolute atomic E-state index is 0.140. The third-order valence-electron chi connectivity index (χ3n) is 6.50. The molecule has 1 amide bonds. The van der Waals surface area contributed by atoms with Crippen molar-refractivity contribution in [2.45, 2.75) is 56.7 Å². The summed E-state index contributed by atoms with van der Waals surface area (Å²) < 4.78 is 7.66. The molecular weight excluding hydrogens is 378 g/mol. The number of aromatic nitrogens is 2. The zero-order chi connectivity index (χ0) is 20.7. The highest BCUT2D eigenvalue weighted by Crippen LogP contribution is 2.47. The Morgan fingerprint density at radius 1 is 1.17 bits per heavy atom. The molecule has 5 rings (SSSR count). The maximum absolute atomic E-state index is 13.2. The van der Waals surface area contributed by atoms with Gasteiger partial charge < -0.3 is 10.1 Å². The fourth-order valence-electron chi connectivity index (χ4n) is 4.86. The molecule has 0 bridgehead atoms. The van der Waals surface area contributed by atoms with Crippen LogP contribution in [0.4, 0.5) is 0 Å². The number of nitrogens with one attached hydrogen (secondary N) is 1. The molecule has 1 aliphatic carbocycles. The number of carbonyl (C=O) groups is 1. The van der Waals surface area contributed by atoms with E-state index in [0.29, 0.717) is 5.39 Å². The standard InChI is InChI=1S/C24H25N3O3/c1-16(27-23(29)18-9-3-2-8-17(18)15-25-27)22(28)26-20-14-24(12-6-7-13-24)30-21-11-5-4-10-19(20)21/h2-5,8-11,15-16,20H,6-7,12-14H2,1H3,(H,26,28)/t16-,20-/m1/s1. The topological polar surface area (TPSA) is 73.2 Å². The Morgan fingerprint density at radius 2 is 1.90 bits per heavy atom. The van der Waals surface area contributed by atoms with Crippen LogP contribution >= 0.6 is 0 Å². The molecular formula is C24H25N3O3. The lowest BCUT2D eigenvalue weighted by Gasteiger charge is -2.40. The molecule has 3 aromatic rings. The van der Waals surface area contributed by atoms with Gasteiger partial charge in [-0.2, -0.15) is 5.10 Å². The summed E-state index contributed by atoms with van der Waals surface area (Å²) >= 11 is 0. The van der Waals surface area contributed by atoms with Crippen LogP contribution in [0.3, 0.4) is 0 Å². The van der Waals surface area contributed by atoms with E-state index in [1.165, 1.54) is 4.68 Å². The fraction of sp³-hybridized carbons (Fsp3) is 0.375. The number of nitrogens with zero attached hydrogens (tertiary/aromatic N) is 2. The van der Waals surface area contributed by atoms with Crippen molar-refractivity contribution in [2.75, 3.05) is 0 Å². The van der Waals surface area contributed by atoms with Gasteiger partial charge in [-0.25, -0.2) is 4.68 Å². The van der Waals surface area contributed by atoms with Gasteiger partial charge in [-0.15, -0.1) is 0 Å². The average Bonchev–Trinajstić information content (AvgIpc) is 3.21. The largest absolute Gasteiger partial charge is 0.487 e. The predicted molar refractivity (Wildman–Crippen MR) is 114 cm³/mol. The van der Waals surface area contributed by atoms with E-state index in [9.17, 15) is 9.59 Å². The van der Waals surface area contributed by atoms with Crippen LogP contribution in [0, 0.1) is 0 Å². The van der Waals surface area contributed by atoms with Crippen LogP contribution in [0.5, 0.6) is 5.75 Å². The van der Waals surface area contributed by atoms with Gasteiger partial charge in [-0.05, 0) is 44.7 Å². The van der Waals surface area contributed by atoms with E-state index in [2.05, 4.69) is 10.4 Å². The molecule has 2 atom stereocenters. The Balaban J connectivity index is 1.43. The lowest BCUT2D eigenvalue weighted by Crippen LogP contribution is -2.45. The van der Waals surface area contributed by atoms with Crippen molar-refractivity contribution in [1.29, 1.82) is 0 Å². The molecule has 6 nitrogen and oxygen atoms in total. The first-order valence-electron chi connectivity index (χ1n) is 10.6. The molecule has 30 heavy (non-hydrogen) atoms. The lowest BCUT2D eigenvalue weighted by atomic mass is 9.86. The SMILES string of the molecule is C[C@H](C(=O)N[C@@H]1CC2(CCCC2)Oc2ccccc21)n1ncc2ccccc2c1=O. The van der Waals surface area contributed by atoms with Crippen LogP contribution in [0.15, 0.2) is 59.5 Å². The van der Waals surface area contributed by atoms with Crippen molar-refractivity contribution in [2.24, 2.45) is 0 Å². The molecule has 1 saturated carbocycles. The number of hydrogen-bond donors (Lipinski definition) is 1. The highest BCUT2D eigenvalue weighted by Gasteiger charge is 2.43. The number of hydrogen-bond acceptors (Lipinski definition) is 4. The number of benzene rings is 2. The van der Waals surface area contributed by atoms with E-state index in [1.54, 1.807) is 19.2 Å². The zero-order valence-electron chi connectivity index (χ0n) is 17.0.